The van der Waals surface area contributed by atoms with Crippen molar-refractivity contribution in [3.8, 4) is 0 Å². The molecule has 5 nitrogen and oxygen atoms in total. The highest BCUT2D eigenvalue weighted by atomic mass is 16.5. The third-order valence-electron chi connectivity index (χ3n) is 5.07. The van der Waals surface area contributed by atoms with Crippen LogP contribution in [0, 0.1) is 5.41 Å². The van der Waals surface area contributed by atoms with Crippen molar-refractivity contribution in [2.24, 2.45) is 5.41 Å². The number of allylic oxidation sites excluding steroid dienone is 7. The molecule has 0 amide bonds. The second-order valence-electron chi connectivity index (χ2n) is 7.30. The Balaban J connectivity index is 2.85. The molecule has 0 aliphatic carbocycles. The summed E-state index contributed by atoms with van der Waals surface area (Å²) in [6, 6.07) is 0. The zero-order valence-corrected chi connectivity index (χ0v) is 17.2. The predicted molar refractivity (Wildman–Crippen MR) is 111 cm³/mol. The molecule has 2 heterocycles. The van der Waals surface area contributed by atoms with Crippen LogP contribution in [0.15, 0.2) is 40.7 Å². The summed E-state index contributed by atoms with van der Waals surface area (Å²) in [5, 5.41) is 0. The Morgan fingerprint density at radius 3 is 2.59 bits per heavy atom. The Labute approximate surface area is 161 Å². The topological polar surface area (TPSA) is 53.2 Å². The molecule has 0 spiro atoms. The number of esters is 1. The number of hydrogen-bond acceptors (Lipinski definition) is 3. The summed E-state index contributed by atoms with van der Waals surface area (Å²) < 4.78 is 8.69. The van der Waals surface area contributed by atoms with Gasteiger partial charge in [-0.2, -0.15) is 0 Å². The van der Waals surface area contributed by atoms with Crippen LogP contribution in [-0.2, 0) is 11.3 Å². The van der Waals surface area contributed by atoms with Gasteiger partial charge in [0.2, 0.25) is 0 Å². The van der Waals surface area contributed by atoms with E-state index in [-0.39, 0.29) is 23.1 Å². The molecule has 1 aliphatic rings. The number of carbonyl (C=O) groups is 1. The van der Waals surface area contributed by atoms with Gasteiger partial charge in [0.25, 0.3) is 5.56 Å². The molecule has 0 N–H and O–H groups in total. The van der Waals surface area contributed by atoms with Gasteiger partial charge in [-0.1, -0.05) is 37.6 Å². The molecule has 5 heteroatoms. The Kier molecular flexibility index (Phi) is 6.47. The monoisotopic (exact) mass is 370 g/mol. The van der Waals surface area contributed by atoms with Gasteiger partial charge in [0.1, 0.15) is 0 Å². The van der Waals surface area contributed by atoms with Crippen molar-refractivity contribution in [1.29, 1.82) is 0 Å². The number of nitrogens with zero attached hydrogens (tertiary/aromatic N) is 2. The molecular weight excluding hydrogens is 340 g/mol. The molecule has 0 atom stereocenters. The van der Waals surface area contributed by atoms with Crippen molar-refractivity contribution in [2.45, 2.75) is 54.5 Å². The maximum Gasteiger partial charge on any atom is 0.346 e. The molecule has 1 aliphatic heterocycles. The average Bonchev–Trinajstić information content (AvgIpc) is 2.82. The highest BCUT2D eigenvalue weighted by molar-refractivity contribution is 5.93. The van der Waals surface area contributed by atoms with E-state index in [1.165, 1.54) is 0 Å². The van der Waals surface area contributed by atoms with Gasteiger partial charge >= 0.3 is 5.97 Å². The summed E-state index contributed by atoms with van der Waals surface area (Å²) in [4.78, 5) is 25.8. The van der Waals surface area contributed by atoms with E-state index < -0.39 is 5.97 Å². The quantitative estimate of drug-likeness (QED) is 0.560. The maximum atomic E-state index is 13.2. The van der Waals surface area contributed by atoms with Crippen molar-refractivity contribution in [3.05, 3.63) is 57.6 Å². The van der Waals surface area contributed by atoms with Crippen LogP contribution >= 0.6 is 0 Å². The summed E-state index contributed by atoms with van der Waals surface area (Å²) in [5.74, 6) is -0.570. The first-order valence-corrected chi connectivity index (χ1v) is 9.46. The first-order chi connectivity index (χ1) is 12.8. The Hall–Kier alpha value is -2.56. The highest BCUT2D eigenvalue weighted by Gasteiger charge is 2.31. The molecule has 0 radical (unpaired) electrons. The minimum Gasteiger partial charge on any atom is -0.462 e. The van der Waals surface area contributed by atoms with Crippen molar-refractivity contribution in [1.82, 2.24) is 9.36 Å². The van der Waals surface area contributed by atoms with Crippen molar-refractivity contribution < 1.29 is 9.53 Å². The van der Waals surface area contributed by atoms with Gasteiger partial charge in [0, 0.05) is 6.54 Å². The van der Waals surface area contributed by atoms with E-state index in [0.29, 0.717) is 17.9 Å². The Bertz CT molecular complexity index is 889. The standard InChI is InChI=1S/C22H30N2O3/c1-7-10-12-17(11-8-2)24-20(25)19(21(26)27-9-3)18-15-16(4)22(5,6)13-14-23(18)24/h7-8,10-12,15H,9,13-14H2,1-6H3/b10-7-,11-8-,17-12+. The van der Waals surface area contributed by atoms with E-state index in [9.17, 15) is 9.59 Å². The fourth-order valence-electron chi connectivity index (χ4n) is 3.13. The zero-order valence-electron chi connectivity index (χ0n) is 17.2. The Morgan fingerprint density at radius 2 is 2.00 bits per heavy atom. The summed E-state index contributed by atoms with van der Waals surface area (Å²) >= 11 is 0. The molecule has 27 heavy (non-hydrogen) atoms. The van der Waals surface area contributed by atoms with Gasteiger partial charge in [-0.3, -0.25) is 9.48 Å². The summed E-state index contributed by atoms with van der Waals surface area (Å²) in [6.07, 6.45) is 12.2. The predicted octanol–water partition coefficient (Wildman–Crippen LogP) is 4.65. The van der Waals surface area contributed by atoms with Crippen molar-refractivity contribution in [2.75, 3.05) is 6.61 Å². The van der Waals surface area contributed by atoms with E-state index in [1.807, 2.05) is 55.0 Å². The lowest BCUT2D eigenvalue weighted by Crippen LogP contribution is -2.26. The molecule has 1 aromatic heterocycles. The zero-order chi connectivity index (χ0) is 20.2. The minimum absolute atomic E-state index is 0.0143. The van der Waals surface area contributed by atoms with Gasteiger partial charge in [-0.25, -0.2) is 9.48 Å². The van der Waals surface area contributed by atoms with E-state index in [2.05, 4.69) is 20.8 Å². The largest absolute Gasteiger partial charge is 0.462 e. The molecule has 2 rings (SSSR count). The lowest BCUT2D eigenvalue weighted by atomic mass is 9.82. The summed E-state index contributed by atoms with van der Waals surface area (Å²) in [6.45, 7) is 12.8. The van der Waals surface area contributed by atoms with Crippen LogP contribution in [0.2, 0.25) is 0 Å². The van der Waals surface area contributed by atoms with E-state index >= 15 is 0 Å². The second kappa shape index (κ2) is 8.42. The van der Waals surface area contributed by atoms with E-state index in [0.717, 1.165) is 12.0 Å². The summed E-state index contributed by atoms with van der Waals surface area (Å²) in [5.41, 5.74) is 2.22. The number of rotatable bonds is 5. The lowest BCUT2D eigenvalue weighted by Gasteiger charge is -2.24. The molecule has 146 valence electrons. The number of ether oxygens (including phenoxy) is 1. The summed E-state index contributed by atoms with van der Waals surface area (Å²) in [7, 11) is 0. The number of hydrogen-bond donors (Lipinski definition) is 0. The maximum absolute atomic E-state index is 13.2. The van der Waals surface area contributed by atoms with E-state index in [1.54, 1.807) is 11.6 Å². The van der Waals surface area contributed by atoms with Gasteiger partial charge in [0.05, 0.1) is 18.0 Å². The van der Waals surface area contributed by atoms with Crippen molar-refractivity contribution in [3.63, 3.8) is 0 Å². The molecule has 0 saturated carbocycles. The molecule has 0 aromatic carbocycles. The molecule has 0 bridgehead atoms. The third-order valence-corrected chi connectivity index (χ3v) is 5.07. The minimum atomic E-state index is -0.570. The van der Waals surface area contributed by atoms with Gasteiger partial charge in [-0.15, -0.1) is 0 Å². The van der Waals surface area contributed by atoms with Crippen LogP contribution in [0.4, 0.5) is 0 Å². The fraction of sp³-hybridized carbons (Fsp3) is 0.455. The lowest BCUT2D eigenvalue weighted by molar-refractivity contribution is 0.0524. The van der Waals surface area contributed by atoms with Crippen LogP contribution in [0.1, 0.15) is 64.0 Å². The molecule has 0 saturated heterocycles. The van der Waals surface area contributed by atoms with Crippen LogP contribution in [0.5, 0.6) is 0 Å². The first kappa shape index (κ1) is 20.7. The highest BCUT2D eigenvalue weighted by Crippen LogP contribution is 2.35. The average molecular weight is 370 g/mol. The first-order valence-electron chi connectivity index (χ1n) is 9.46. The molecular formula is C22H30N2O3. The number of aromatic nitrogens is 2. The SMILES string of the molecule is C\C=C/C=C(\C=C/C)n1c(=O)c(C(=O)OCC)c2n1CCC(C)(C)C(C)=C2. The van der Waals surface area contributed by atoms with Crippen LogP contribution in [0.3, 0.4) is 0 Å². The van der Waals surface area contributed by atoms with Crippen molar-refractivity contribution >= 4 is 17.7 Å². The van der Waals surface area contributed by atoms with Crippen LogP contribution in [0.25, 0.3) is 11.8 Å². The smallest absolute Gasteiger partial charge is 0.346 e. The normalized spacial score (nSPS) is 17.1. The van der Waals surface area contributed by atoms with E-state index in [4.69, 9.17) is 4.74 Å². The number of fused-ring (bicyclic) bond motifs is 1. The molecule has 1 aromatic rings. The third kappa shape index (κ3) is 4.07. The molecule has 0 fully saturated rings. The van der Waals surface area contributed by atoms with Gasteiger partial charge < -0.3 is 4.74 Å². The number of carbonyl (C=O) groups excluding carboxylic acids is 1. The molecule has 0 unspecified atom stereocenters. The second-order valence-corrected chi connectivity index (χ2v) is 7.30. The fourth-order valence-corrected chi connectivity index (χ4v) is 3.13. The van der Waals surface area contributed by atoms with Crippen LogP contribution < -0.4 is 5.56 Å². The Morgan fingerprint density at radius 1 is 1.30 bits per heavy atom. The van der Waals surface area contributed by atoms with Gasteiger partial charge in [-0.05, 0) is 57.8 Å². The van der Waals surface area contributed by atoms with Gasteiger partial charge in [0.15, 0.2) is 5.56 Å². The van der Waals surface area contributed by atoms with Crippen LogP contribution in [-0.4, -0.2) is 21.9 Å².